The molecular weight excluding hydrogens is 588 g/mol. The van der Waals surface area contributed by atoms with Crippen LogP contribution in [-0.2, 0) is 48.0 Å². The number of amides is 4. The van der Waals surface area contributed by atoms with Gasteiger partial charge in [-0.3, -0.25) is 24.0 Å². The van der Waals surface area contributed by atoms with E-state index in [9.17, 15) is 33.9 Å². The van der Waals surface area contributed by atoms with Gasteiger partial charge in [-0.15, -0.1) is 0 Å². The molecule has 3 aromatic carbocycles. The number of hydrogen-bond acceptors (Lipinski definition) is 6. The summed E-state index contributed by atoms with van der Waals surface area (Å²) in [7, 11) is 0. The van der Waals surface area contributed by atoms with Crippen molar-refractivity contribution in [1.82, 2.24) is 20.9 Å². The molecule has 1 saturated heterocycles. The molecule has 0 radical (unpaired) electrons. The lowest BCUT2D eigenvalue weighted by atomic mass is 10.0. The summed E-state index contributed by atoms with van der Waals surface area (Å²) >= 11 is 0. The number of carbonyl (C=O) groups is 6. The summed E-state index contributed by atoms with van der Waals surface area (Å²) in [5.74, 6) is -4.87. The van der Waals surface area contributed by atoms with Crippen LogP contribution in [-0.4, -0.2) is 76.1 Å². The molecule has 1 unspecified atom stereocenters. The molecule has 4 atom stereocenters. The first kappa shape index (κ1) is 33.6. The molecule has 11 nitrogen and oxygen atoms in total. The fourth-order valence-corrected chi connectivity index (χ4v) is 5.43. The van der Waals surface area contributed by atoms with Gasteiger partial charge < -0.3 is 26.0 Å². The van der Waals surface area contributed by atoms with Crippen molar-refractivity contribution in [3.05, 3.63) is 108 Å². The van der Waals surface area contributed by atoms with Gasteiger partial charge in [0, 0.05) is 19.4 Å². The van der Waals surface area contributed by atoms with E-state index >= 15 is 0 Å². The van der Waals surface area contributed by atoms with E-state index in [-0.39, 0.29) is 31.7 Å². The molecule has 0 aromatic heterocycles. The molecule has 0 aliphatic carbocycles. The number of nitrogens with zero attached hydrogens (tertiary/aromatic N) is 1. The fraction of sp³-hybridized carbons (Fsp3) is 0.314. The number of carboxylic acid groups (broad SMARTS) is 1. The summed E-state index contributed by atoms with van der Waals surface area (Å²) < 4.78 is 0. The van der Waals surface area contributed by atoms with Crippen molar-refractivity contribution in [2.24, 2.45) is 0 Å². The Morgan fingerprint density at radius 1 is 0.739 bits per heavy atom. The number of carbonyl (C=O) groups excluding carboxylic acids is 5. The summed E-state index contributed by atoms with van der Waals surface area (Å²) in [6.45, 7) is 1.57. The lowest BCUT2D eigenvalue weighted by molar-refractivity contribution is -0.150. The first-order chi connectivity index (χ1) is 22.1. The van der Waals surface area contributed by atoms with Crippen molar-refractivity contribution >= 4 is 35.4 Å². The SMILES string of the molecule is CC(NC(=O)[C@H](Cc1ccccc1)NC(=O)Cc1ccccc1)C(=O)C(=O)N[C@@H](Cc1ccccc1)C(=O)N1CCC[C@H]1C(=O)O. The van der Waals surface area contributed by atoms with Crippen molar-refractivity contribution < 1.29 is 33.9 Å². The average Bonchev–Trinajstić information content (AvgIpc) is 3.55. The molecule has 1 fully saturated rings. The molecule has 3 aromatic rings. The third kappa shape index (κ3) is 9.34. The number of Topliss-reactive ketones (excluding diaryl/α,β-unsaturated/α-hetero) is 1. The Hall–Kier alpha value is -5.32. The van der Waals surface area contributed by atoms with E-state index in [4.69, 9.17) is 0 Å². The maximum atomic E-state index is 13.5. The number of benzene rings is 3. The highest BCUT2D eigenvalue weighted by Crippen LogP contribution is 2.20. The van der Waals surface area contributed by atoms with Crippen molar-refractivity contribution in [1.29, 1.82) is 0 Å². The van der Waals surface area contributed by atoms with Gasteiger partial charge in [0.15, 0.2) is 0 Å². The number of carboxylic acids is 1. The first-order valence-electron chi connectivity index (χ1n) is 15.2. The maximum absolute atomic E-state index is 13.5. The van der Waals surface area contributed by atoms with Crippen LogP contribution in [0, 0.1) is 0 Å². The Kier molecular flexibility index (Phi) is 11.8. The summed E-state index contributed by atoms with van der Waals surface area (Å²) in [4.78, 5) is 79.1. The molecule has 0 spiro atoms. The van der Waals surface area contributed by atoms with Crippen LogP contribution in [0.5, 0.6) is 0 Å². The molecule has 4 rings (SSSR count). The van der Waals surface area contributed by atoms with Crippen LogP contribution in [0.3, 0.4) is 0 Å². The number of ketones is 1. The first-order valence-corrected chi connectivity index (χ1v) is 15.2. The van der Waals surface area contributed by atoms with Gasteiger partial charge in [-0.05, 0) is 36.5 Å². The Labute approximate surface area is 267 Å². The van der Waals surface area contributed by atoms with Gasteiger partial charge in [0.1, 0.15) is 18.1 Å². The van der Waals surface area contributed by atoms with Gasteiger partial charge in [0.2, 0.25) is 23.5 Å². The number of hydrogen-bond donors (Lipinski definition) is 4. The zero-order valence-electron chi connectivity index (χ0n) is 25.6. The Morgan fingerprint density at radius 2 is 1.26 bits per heavy atom. The maximum Gasteiger partial charge on any atom is 0.326 e. The van der Waals surface area contributed by atoms with Crippen LogP contribution >= 0.6 is 0 Å². The zero-order chi connectivity index (χ0) is 33.1. The highest BCUT2D eigenvalue weighted by molar-refractivity contribution is 6.38. The molecular formula is C35H38N4O7. The molecule has 1 aliphatic rings. The lowest BCUT2D eigenvalue weighted by Gasteiger charge is -2.27. The van der Waals surface area contributed by atoms with Crippen LogP contribution in [0.4, 0.5) is 0 Å². The van der Waals surface area contributed by atoms with E-state index in [1.165, 1.54) is 11.8 Å². The molecule has 0 saturated carbocycles. The minimum absolute atomic E-state index is 0.0366. The molecule has 1 heterocycles. The van der Waals surface area contributed by atoms with Gasteiger partial charge in [0.05, 0.1) is 12.5 Å². The van der Waals surface area contributed by atoms with E-state index in [1.807, 2.05) is 36.4 Å². The van der Waals surface area contributed by atoms with Crippen molar-refractivity contribution in [3.8, 4) is 0 Å². The molecule has 240 valence electrons. The van der Waals surface area contributed by atoms with Gasteiger partial charge >= 0.3 is 5.97 Å². The van der Waals surface area contributed by atoms with Crippen LogP contribution in [0.2, 0.25) is 0 Å². The highest BCUT2D eigenvalue weighted by Gasteiger charge is 2.38. The standard InChI is InChI=1S/C35H38N4O7/c1-23(36-32(42)27(20-24-12-5-2-6-13-24)37-30(40)22-26-16-9-4-10-17-26)31(41)33(43)38-28(21-25-14-7-3-8-15-25)34(44)39-19-11-18-29(39)35(45)46/h2-10,12-17,23,27-29H,11,18-22H2,1H3,(H,36,42)(H,37,40)(H,38,43)(H,45,46)/t23?,27-,28-,29-/m0/s1. The van der Waals surface area contributed by atoms with Crippen molar-refractivity contribution in [2.45, 2.75) is 63.2 Å². The number of rotatable bonds is 14. The van der Waals surface area contributed by atoms with E-state index in [0.29, 0.717) is 18.4 Å². The van der Waals surface area contributed by atoms with Crippen LogP contribution in [0.1, 0.15) is 36.5 Å². The number of aliphatic carboxylic acids is 1. The van der Waals surface area contributed by atoms with Gasteiger partial charge in [-0.2, -0.15) is 0 Å². The summed E-state index contributed by atoms with van der Waals surface area (Å²) in [6, 6.07) is 22.4. The third-order valence-corrected chi connectivity index (χ3v) is 7.82. The summed E-state index contributed by atoms with van der Waals surface area (Å²) in [5, 5.41) is 17.4. The smallest absolute Gasteiger partial charge is 0.326 e. The van der Waals surface area contributed by atoms with Gasteiger partial charge in [0.25, 0.3) is 5.91 Å². The minimum atomic E-state index is -1.29. The molecule has 11 heteroatoms. The lowest BCUT2D eigenvalue weighted by Crippen LogP contribution is -2.57. The number of likely N-dealkylation sites (tertiary alicyclic amines) is 1. The average molecular weight is 627 g/mol. The zero-order valence-corrected chi connectivity index (χ0v) is 25.6. The monoisotopic (exact) mass is 626 g/mol. The van der Waals surface area contributed by atoms with E-state index in [1.54, 1.807) is 54.6 Å². The predicted molar refractivity (Wildman–Crippen MR) is 169 cm³/mol. The predicted octanol–water partition coefficient (Wildman–Crippen LogP) is 1.83. The van der Waals surface area contributed by atoms with Gasteiger partial charge in [-0.25, -0.2) is 4.79 Å². The normalized spacial score (nSPS) is 16.0. The van der Waals surface area contributed by atoms with Crippen molar-refractivity contribution in [3.63, 3.8) is 0 Å². The molecule has 1 aliphatic heterocycles. The minimum Gasteiger partial charge on any atom is -0.480 e. The highest BCUT2D eigenvalue weighted by atomic mass is 16.4. The van der Waals surface area contributed by atoms with E-state index in [0.717, 1.165) is 11.1 Å². The second kappa shape index (κ2) is 16.1. The second-order valence-electron chi connectivity index (χ2n) is 11.3. The Morgan fingerprint density at radius 3 is 1.80 bits per heavy atom. The molecule has 4 amide bonds. The Balaban J connectivity index is 1.44. The fourth-order valence-electron chi connectivity index (χ4n) is 5.43. The van der Waals surface area contributed by atoms with Gasteiger partial charge in [-0.1, -0.05) is 91.0 Å². The largest absolute Gasteiger partial charge is 0.480 e. The van der Waals surface area contributed by atoms with E-state index < -0.39 is 53.6 Å². The summed E-state index contributed by atoms with van der Waals surface area (Å²) in [6.07, 6.45) is 1.03. The Bertz CT molecular complexity index is 1530. The quantitative estimate of drug-likeness (QED) is 0.199. The van der Waals surface area contributed by atoms with E-state index in [2.05, 4.69) is 16.0 Å². The summed E-state index contributed by atoms with van der Waals surface area (Å²) in [5.41, 5.74) is 2.25. The van der Waals surface area contributed by atoms with Crippen molar-refractivity contribution in [2.75, 3.05) is 6.54 Å². The third-order valence-electron chi connectivity index (χ3n) is 7.82. The second-order valence-corrected chi connectivity index (χ2v) is 11.3. The van der Waals surface area contributed by atoms with Crippen LogP contribution < -0.4 is 16.0 Å². The molecule has 4 N–H and O–H groups in total. The number of nitrogens with one attached hydrogen (secondary N) is 3. The molecule has 0 bridgehead atoms. The van der Waals surface area contributed by atoms with Crippen LogP contribution in [0.25, 0.3) is 0 Å². The molecule has 46 heavy (non-hydrogen) atoms. The van der Waals surface area contributed by atoms with Crippen LogP contribution in [0.15, 0.2) is 91.0 Å². The topological polar surface area (TPSA) is 162 Å².